The first-order chi connectivity index (χ1) is 19.2. The number of carbonyl (C=O) groups excluding carboxylic acids is 2. The number of nitrogens with one attached hydrogen (secondary N) is 1. The van der Waals surface area contributed by atoms with Crippen LogP contribution in [0, 0.1) is 13.8 Å². The van der Waals surface area contributed by atoms with Gasteiger partial charge in [0.2, 0.25) is 0 Å². The van der Waals surface area contributed by atoms with Crippen molar-refractivity contribution in [2.24, 2.45) is 5.73 Å². The molecule has 3 heterocycles. The highest BCUT2D eigenvalue weighted by molar-refractivity contribution is 6.11. The van der Waals surface area contributed by atoms with Crippen LogP contribution < -0.4 is 15.8 Å². The number of nitrogens with zero attached hydrogens (tertiary/aromatic N) is 4. The Hall–Kier alpha value is -5.35. The summed E-state index contributed by atoms with van der Waals surface area (Å²) in [6.45, 7) is 6.82. The van der Waals surface area contributed by atoms with Gasteiger partial charge in [-0.1, -0.05) is 30.8 Å². The van der Waals surface area contributed by atoms with Crippen LogP contribution in [-0.2, 0) is 4.79 Å². The molecule has 0 radical (unpaired) electrons. The van der Waals surface area contributed by atoms with Crippen LogP contribution in [-0.4, -0.2) is 42.9 Å². The summed E-state index contributed by atoms with van der Waals surface area (Å²) in [6, 6.07) is 16.4. The predicted molar refractivity (Wildman–Crippen MR) is 151 cm³/mol. The first-order valence-corrected chi connectivity index (χ1v) is 12.3. The maximum atomic E-state index is 12.8. The average molecular weight is 535 g/mol. The van der Waals surface area contributed by atoms with E-state index in [1.165, 1.54) is 0 Å². The third-order valence-corrected chi connectivity index (χ3v) is 6.25. The molecule has 0 saturated carbocycles. The van der Waals surface area contributed by atoms with E-state index in [0.29, 0.717) is 28.1 Å². The number of rotatable bonds is 8. The zero-order valence-electron chi connectivity index (χ0n) is 21.9. The summed E-state index contributed by atoms with van der Waals surface area (Å²) in [5.74, 6) is -0.535. The van der Waals surface area contributed by atoms with Gasteiger partial charge in [0, 0.05) is 34.9 Å². The number of primary amides is 1. The van der Waals surface area contributed by atoms with Crippen LogP contribution in [0.2, 0.25) is 0 Å². The van der Waals surface area contributed by atoms with Crippen molar-refractivity contribution >= 4 is 23.0 Å². The van der Waals surface area contributed by atoms with Gasteiger partial charge in [-0.3, -0.25) is 14.6 Å². The maximum absolute atomic E-state index is 12.8. The molecule has 4 N–H and O–H groups in total. The van der Waals surface area contributed by atoms with Gasteiger partial charge in [0.25, 0.3) is 11.8 Å². The minimum Gasteiger partial charge on any atom is -0.424 e. The fourth-order valence-corrected chi connectivity index (χ4v) is 4.34. The molecule has 2 amide bonds. The lowest BCUT2D eigenvalue weighted by Crippen LogP contribution is -2.15. The van der Waals surface area contributed by atoms with Gasteiger partial charge in [-0.25, -0.2) is 9.97 Å². The van der Waals surface area contributed by atoms with Crippen molar-refractivity contribution in [3.05, 3.63) is 102 Å². The summed E-state index contributed by atoms with van der Waals surface area (Å²) in [4.78, 5) is 37.7. The molecule has 40 heavy (non-hydrogen) atoms. The predicted octanol–water partition coefficient (Wildman–Crippen LogP) is 4.45. The lowest BCUT2D eigenvalue weighted by Gasteiger charge is -2.11. The van der Waals surface area contributed by atoms with Gasteiger partial charge in [0.05, 0.1) is 35.3 Å². The number of hydrogen-bond acceptors (Lipinski definition) is 7. The molecule has 200 valence electrons. The quantitative estimate of drug-likeness (QED) is 0.249. The van der Waals surface area contributed by atoms with Gasteiger partial charge in [0.1, 0.15) is 5.75 Å². The van der Waals surface area contributed by atoms with Gasteiger partial charge in [-0.15, -0.1) is 0 Å². The van der Waals surface area contributed by atoms with E-state index in [9.17, 15) is 9.59 Å². The van der Waals surface area contributed by atoms with Crippen molar-refractivity contribution < 1.29 is 19.4 Å². The highest BCUT2D eigenvalue weighted by Gasteiger charge is 2.25. The Kier molecular flexibility index (Phi) is 7.09. The smallest absolute Gasteiger partial charge is 0.322 e. The molecule has 10 nitrogen and oxygen atoms in total. The first kappa shape index (κ1) is 26.3. The number of benzene rings is 2. The van der Waals surface area contributed by atoms with Crippen molar-refractivity contribution in [3.8, 4) is 34.1 Å². The number of anilines is 1. The molecule has 0 spiro atoms. The topological polar surface area (TPSA) is 145 Å². The summed E-state index contributed by atoms with van der Waals surface area (Å²) in [5, 5.41) is 11.9. The number of aromatic nitrogens is 4. The molecule has 0 atom stereocenters. The highest BCUT2D eigenvalue weighted by Crippen LogP contribution is 2.40. The van der Waals surface area contributed by atoms with Crippen molar-refractivity contribution in [1.82, 2.24) is 19.4 Å². The summed E-state index contributed by atoms with van der Waals surface area (Å²) in [5.41, 5.74) is 11.8. The number of aliphatic hydroxyl groups is 1. The molecular formula is C30H26N6O4. The molecule has 0 aliphatic carbocycles. The maximum Gasteiger partial charge on any atom is 0.322 e. The molecule has 10 heteroatoms. The summed E-state index contributed by atoms with van der Waals surface area (Å²) in [6.07, 6.45) is 5.10. The molecule has 0 unspecified atom stereocenters. The van der Waals surface area contributed by atoms with Crippen LogP contribution in [0.15, 0.2) is 85.3 Å². The molecular weight excluding hydrogens is 508 g/mol. The third-order valence-electron chi connectivity index (χ3n) is 6.25. The van der Waals surface area contributed by atoms with Gasteiger partial charge >= 0.3 is 6.01 Å². The minimum atomic E-state index is -0.593. The molecule has 0 aliphatic rings. The number of hydrogen-bond donors (Lipinski definition) is 3. The number of aryl methyl sites for hydroxylation is 2. The molecule has 0 saturated heterocycles. The fraction of sp³-hybridized carbons (Fsp3) is 0.100. The number of ether oxygens (including phenoxy) is 1. The standard InChI is InChI=1S/C30H26N6O4/c1-17(16-37)29(39)35-22-8-4-21(5-9-22)27-25(26(28(31)38)24-14-33-19(3)15-36(24)27)20-6-10-23(11-7-20)40-30-32-13-12-18(2)34-30/h4-15,37H,1,16H2,2-3H3,(H2,31,38)(H,35,39). The number of fused-ring (bicyclic) bond motifs is 1. The average Bonchev–Trinajstić information content (AvgIpc) is 3.28. The largest absolute Gasteiger partial charge is 0.424 e. The third kappa shape index (κ3) is 5.16. The zero-order chi connectivity index (χ0) is 28.4. The van der Waals surface area contributed by atoms with Gasteiger partial charge in [-0.05, 0) is 55.3 Å². The van der Waals surface area contributed by atoms with Crippen molar-refractivity contribution in [2.75, 3.05) is 11.9 Å². The van der Waals surface area contributed by atoms with Gasteiger partial charge in [-0.2, -0.15) is 0 Å². The Bertz CT molecular complexity index is 1760. The number of carbonyl (C=O) groups is 2. The summed E-state index contributed by atoms with van der Waals surface area (Å²) < 4.78 is 7.69. The fourth-order valence-electron chi connectivity index (χ4n) is 4.34. The molecule has 5 rings (SSSR count). The van der Waals surface area contributed by atoms with E-state index in [2.05, 4.69) is 26.8 Å². The first-order valence-electron chi connectivity index (χ1n) is 12.3. The molecule has 0 fully saturated rings. The van der Waals surface area contributed by atoms with Crippen LogP contribution in [0.5, 0.6) is 11.8 Å². The number of amides is 2. The normalized spacial score (nSPS) is 10.9. The van der Waals surface area contributed by atoms with Crippen LogP contribution in [0.1, 0.15) is 21.7 Å². The van der Waals surface area contributed by atoms with E-state index in [4.69, 9.17) is 15.6 Å². The Morgan fingerprint density at radius 3 is 2.35 bits per heavy atom. The molecule has 2 aromatic carbocycles. The second-order valence-electron chi connectivity index (χ2n) is 9.15. The van der Waals surface area contributed by atoms with E-state index >= 15 is 0 Å². The molecule has 3 aromatic heterocycles. The SMILES string of the molecule is C=C(CO)C(=O)Nc1ccc(-c2c(-c3ccc(Oc4nccc(C)n4)cc3)c(C(N)=O)c3cnc(C)cn23)cc1. The zero-order valence-corrected chi connectivity index (χ0v) is 21.9. The lowest BCUT2D eigenvalue weighted by molar-refractivity contribution is -0.113. The molecule has 0 aliphatic heterocycles. The summed E-state index contributed by atoms with van der Waals surface area (Å²) in [7, 11) is 0. The van der Waals surface area contributed by atoms with E-state index in [-0.39, 0.29) is 11.6 Å². The van der Waals surface area contributed by atoms with E-state index < -0.39 is 18.4 Å². The van der Waals surface area contributed by atoms with Crippen LogP contribution in [0.4, 0.5) is 5.69 Å². The Morgan fingerprint density at radius 2 is 1.70 bits per heavy atom. The van der Waals surface area contributed by atoms with Crippen molar-refractivity contribution in [2.45, 2.75) is 13.8 Å². The monoisotopic (exact) mass is 534 g/mol. The molecule has 0 bridgehead atoms. The Morgan fingerprint density at radius 1 is 1.00 bits per heavy atom. The lowest BCUT2D eigenvalue weighted by atomic mass is 9.96. The molecule has 5 aromatic rings. The minimum absolute atomic E-state index is 0.0550. The highest BCUT2D eigenvalue weighted by atomic mass is 16.5. The van der Waals surface area contributed by atoms with Gasteiger partial charge in [0.15, 0.2) is 0 Å². The van der Waals surface area contributed by atoms with Crippen LogP contribution >= 0.6 is 0 Å². The Balaban J connectivity index is 1.61. The van der Waals surface area contributed by atoms with E-state index in [1.54, 1.807) is 42.7 Å². The van der Waals surface area contributed by atoms with Crippen molar-refractivity contribution in [1.29, 1.82) is 0 Å². The number of nitrogens with two attached hydrogens (primary N) is 1. The number of aliphatic hydroxyl groups excluding tert-OH is 1. The van der Waals surface area contributed by atoms with E-state index in [0.717, 1.165) is 28.2 Å². The van der Waals surface area contributed by atoms with Gasteiger partial charge < -0.3 is 25.3 Å². The second-order valence-corrected chi connectivity index (χ2v) is 9.15. The second kappa shape index (κ2) is 10.8. The van der Waals surface area contributed by atoms with E-state index in [1.807, 2.05) is 48.7 Å². The Labute approximate surface area is 229 Å². The summed E-state index contributed by atoms with van der Waals surface area (Å²) >= 11 is 0. The van der Waals surface area contributed by atoms with Crippen LogP contribution in [0.3, 0.4) is 0 Å². The van der Waals surface area contributed by atoms with Crippen molar-refractivity contribution in [3.63, 3.8) is 0 Å². The van der Waals surface area contributed by atoms with Crippen LogP contribution in [0.25, 0.3) is 27.9 Å².